The number of hydrogen-bond donors (Lipinski definition) is 1. The van der Waals surface area contributed by atoms with Gasteiger partial charge in [-0.25, -0.2) is 4.98 Å². The second-order valence-electron chi connectivity index (χ2n) is 8.89. The molecule has 27 heavy (non-hydrogen) atoms. The molecule has 4 rings (SSSR count). The number of aromatic amines is 1. The van der Waals surface area contributed by atoms with Crippen LogP contribution in [0.1, 0.15) is 73.4 Å². The first-order valence-corrected chi connectivity index (χ1v) is 9.56. The van der Waals surface area contributed by atoms with E-state index in [0.717, 1.165) is 42.8 Å². The Labute approximate surface area is 158 Å². The summed E-state index contributed by atoms with van der Waals surface area (Å²) in [5.74, 6) is 1.29. The first kappa shape index (κ1) is 17.9. The predicted octanol–water partition coefficient (Wildman–Crippen LogP) is 2.48. The molecule has 0 aromatic carbocycles. The summed E-state index contributed by atoms with van der Waals surface area (Å²) in [6, 6.07) is 1.67. The Balaban J connectivity index is 1.59. The summed E-state index contributed by atoms with van der Waals surface area (Å²) in [4.78, 5) is 34.9. The molecule has 0 saturated carbocycles. The highest BCUT2D eigenvalue weighted by atomic mass is 16.5. The van der Waals surface area contributed by atoms with E-state index in [0.29, 0.717) is 24.5 Å². The molecule has 144 valence electrons. The van der Waals surface area contributed by atoms with Gasteiger partial charge >= 0.3 is 0 Å². The van der Waals surface area contributed by atoms with Crippen molar-refractivity contribution in [2.24, 2.45) is 0 Å². The quantitative estimate of drug-likeness (QED) is 0.832. The summed E-state index contributed by atoms with van der Waals surface area (Å²) in [6.07, 6.45) is 3.33. The molecule has 7 nitrogen and oxygen atoms in total. The number of nitrogens with one attached hydrogen (secondary N) is 1. The van der Waals surface area contributed by atoms with Crippen LogP contribution in [0, 0.1) is 6.92 Å². The molecule has 2 aromatic heterocycles. The van der Waals surface area contributed by atoms with Gasteiger partial charge in [-0.2, -0.15) is 0 Å². The molecule has 1 spiro atoms. The second kappa shape index (κ2) is 6.04. The molecule has 0 bridgehead atoms. The van der Waals surface area contributed by atoms with E-state index in [9.17, 15) is 9.59 Å². The standard InChI is InChI=1S/C20H26N4O3/c1-12-11-14(23-27-12)17(26)24-9-7-20(8-10-24)6-5-13-15(20)21-18(19(2,3)4)22-16(13)25/h11H,5-10H2,1-4H3,(H,21,22,25). The second-order valence-corrected chi connectivity index (χ2v) is 8.89. The molecule has 1 aliphatic heterocycles. The number of H-pyrrole nitrogens is 1. The first-order chi connectivity index (χ1) is 12.7. The summed E-state index contributed by atoms with van der Waals surface area (Å²) < 4.78 is 5.03. The van der Waals surface area contributed by atoms with E-state index in [4.69, 9.17) is 9.51 Å². The molecule has 2 aromatic rings. The zero-order chi connectivity index (χ0) is 19.4. The smallest absolute Gasteiger partial charge is 0.276 e. The number of aryl methyl sites for hydroxylation is 1. The van der Waals surface area contributed by atoms with Gasteiger partial charge in [0, 0.05) is 35.5 Å². The number of rotatable bonds is 1. The van der Waals surface area contributed by atoms with Gasteiger partial charge < -0.3 is 14.4 Å². The van der Waals surface area contributed by atoms with Crippen molar-refractivity contribution in [1.82, 2.24) is 20.0 Å². The predicted molar refractivity (Wildman–Crippen MR) is 99.9 cm³/mol. The molecule has 1 N–H and O–H groups in total. The minimum Gasteiger partial charge on any atom is -0.361 e. The van der Waals surface area contributed by atoms with E-state index in [2.05, 4.69) is 30.9 Å². The van der Waals surface area contributed by atoms with Gasteiger partial charge in [-0.05, 0) is 32.6 Å². The van der Waals surface area contributed by atoms with Gasteiger partial charge in [0.25, 0.3) is 11.5 Å². The van der Waals surface area contributed by atoms with E-state index < -0.39 is 0 Å². The maximum absolute atomic E-state index is 12.6. The molecule has 1 aliphatic carbocycles. The highest BCUT2D eigenvalue weighted by molar-refractivity contribution is 5.92. The minimum atomic E-state index is -0.209. The van der Waals surface area contributed by atoms with Crippen LogP contribution in [0.25, 0.3) is 0 Å². The maximum Gasteiger partial charge on any atom is 0.276 e. The van der Waals surface area contributed by atoms with Crippen LogP contribution in [0.2, 0.25) is 0 Å². The van der Waals surface area contributed by atoms with Crippen LogP contribution < -0.4 is 5.56 Å². The highest BCUT2D eigenvalue weighted by Gasteiger charge is 2.45. The van der Waals surface area contributed by atoms with Crippen LogP contribution in [0.3, 0.4) is 0 Å². The molecule has 7 heteroatoms. The minimum absolute atomic E-state index is 0.00150. The molecular weight excluding hydrogens is 344 g/mol. The monoisotopic (exact) mass is 370 g/mol. The number of hydrogen-bond acceptors (Lipinski definition) is 5. The molecule has 1 saturated heterocycles. The average molecular weight is 370 g/mol. The number of aromatic nitrogens is 3. The lowest BCUT2D eigenvalue weighted by Gasteiger charge is -2.39. The van der Waals surface area contributed by atoms with Crippen molar-refractivity contribution in [3.05, 3.63) is 45.0 Å². The lowest BCUT2D eigenvalue weighted by Crippen LogP contribution is -2.45. The Morgan fingerprint density at radius 3 is 2.56 bits per heavy atom. The van der Waals surface area contributed by atoms with Gasteiger partial charge in [0.1, 0.15) is 11.6 Å². The van der Waals surface area contributed by atoms with Crippen LogP contribution in [0.5, 0.6) is 0 Å². The summed E-state index contributed by atoms with van der Waals surface area (Å²) in [5, 5.41) is 3.84. The lowest BCUT2D eigenvalue weighted by molar-refractivity contribution is 0.0653. The largest absolute Gasteiger partial charge is 0.361 e. The van der Waals surface area contributed by atoms with Gasteiger partial charge in [-0.15, -0.1) is 0 Å². The average Bonchev–Trinajstić information content (AvgIpc) is 3.19. The summed E-state index contributed by atoms with van der Waals surface area (Å²) >= 11 is 0. The number of carbonyl (C=O) groups is 1. The van der Waals surface area contributed by atoms with Gasteiger partial charge in [-0.1, -0.05) is 25.9 Å². The summed E-state index contributed by atoms with van der Waals surface area (Å²) in [5.41, 5.74) is 1.84. The van der Waals surface area contributed by atoms with Crippen molar-refractivity contribution in [3.8, 4) is 0 Å². The van der Waals surface area contributed by atoms with E-state index in [1.54, 1.807) is 13.0 Å². The zero-order valence-corrected chi connectivity index (χ0v) is 16.4. The Morgan fingerprint density at radius 1 is 1.26 bits per heavy atom. The van der Waals surface area contributed by atoms with Crippen molar-refractivity contribution in [2.75, 3.05) is 13.1 Å². The van der Waals surface area contributed by atoms with Gasteiger partial charge in [0.15, 0.2) is 5.69 Å². The molecule has 0 atom stereocenters. The van der Waals surface area contributed by atoms with Crippen LogP contribution in [0.15, 0.2) is 15.4 Å². The van der Waals surface area contributed by atoms with E-state index in [1.807, 2.05) is 4.90 Å². The Kier molecular flexibility index (Phi) is 4.01. The third-order valence-corrected chi connectivity index (χ3v) is 5.94. The molecule has 3 heterocycles. The van der Waals surface area contributed by atoms with Crippen molar-refractivity contribution in [2.45, 2.75) is 64.2 Å². The molecule has 0 radical (unpaired) electrons. The lowest BCUT2D eigenvalue weighted by atomic mass is 9.76. The maximum atomic E-state index is 12.6. The third-order valence-electron chi connectivity index (χ3n) is 5.94. The van der Waals surface area contributed by atoms with Crippen LogP contribution in [0.4, 0.5) is 0 Å². The third kappa shape index (κ3) is 2.99. The summed E-state index contributed by atoms with van der Waals surface area (Å²) in [7, 11) is 0. The van der Waals surface area contributed by atoms with Crippen LogP contribution in [-0.4, -0.2) is 39.0 Å². The number of fused-ring (bicyclic) bond motifs is 2. The summed E-state index contributed by atoms with van der Waals surface area (Å²) in [6.45, 7) is 9.23. The van der Waals surface area contributed by atoms with Crippen molar-refractivity contribution in [3.63, 3.8) is 0 Å². The fourth-order valence-electron chi connectivity index (χ4n) is 4.26. The Hall–Kier alpha value is -2.44. The fourth-order valence-corrected chi connectivity index (χ4v) is 4.26. The number of piperidine rings is 1. The molecule has 1 amide bonds. The van der Waals surface area contributed by atoms with Gasteiger partial charge in [0.2, 0.25) is 0 Å². The number of likely N-dealkylation sites (tertiary alicyclic amines) is 1. The zero-order valence-electron chi connectivity index (χ0n) is 16.4. The topological polar surface area (TPSA) is 92.1 Å². The fraction of sp³-hybridized carbons (Fsp3) is 0.600. The van der Waals surface area contributed by atoms with Crippen LogP contribution in [-0.2, 0) is 17.3 Å². The molecular formula is C20H26N4O3. The van der Waals surface area contributed by atoms with E-state index in [1.165, 1.54) is 0 Å². The highest BCUT2D eigenvalue weighted by Crippen LogP contribution is 2.44. The first-order valence-electron chi connectivity index (χ1n) is 9.56. The molecule has 0 unspecified atom stereocenters. The SMILES string of the molecule is Cc1cc(C(=O)N2CCC3(CCc4c3nc(C(C)(C)C)[nH]c4=O)CC2)no1. The van der Waals surface area contributed by atoms with Crippen molar-refractivity contribution >= 4 is 5.91 Å². The molecule has 2 aliphatic rings. The van der Waals surface area contributed by atoms with Gasteiger partial charge in [-0.3, -0.25) is 9.59 Å². The van der Waals surface area contributed by atoms with Crippen LogP contribution >= 0.6 is 0 Å². The van der Waals surface area contributed by atoms with Crippen molar-refractivity contribution < 1.29 is 9.32 Å². The van der Waals surface area contributed by atoms with E-state index in [-0.39, 0.29) is 22.3 Å². The Bertz CT molecular complexity index is 943. The Morgan fingerprint density at radius 2 is 1.96 bits per heavy atom. The normalized spacial score (nSPS) is 18.7. The number of nitrogens with zero attached hydrogens (tertiary/aromatic N) is 3. The van der Waals surface area contributed by atoms with E-state index >= 15 is 0 Å². The molecule has 1 fully saturated rings. The number of carbonyl (C=O) groups excluding carboxylic acids is 1. The van der Waals surface area contributed by atoms with Crippen molar-refractivity contribution in [1.29, 1.82) is 0 Å². The number of amides is 1. The van der Waals surface area contributed by atoms with Gasteiger partial charge in [0.05, 0.1) is 5.69 Å².